The number of carbonyl (C=O) groups excluding carboxylic acids is 1. The normalized spacial score (nSPS) is 14.7. The van der Waals surface area contributed by atoms with Crippen molar-refractivity contribution in [1.82, 2.24) is 9.88 Å². The van der Waals surface area contributed by atoms with Gasteiger partial charge in [-0.2, -0.15) is 0 Å². The zero-order valence-electron chi connectivity index (χ0n) is 17.3. The summed E-state index contributed by atoms with van der Waals surface area (Å²) in [6.45, 7) is 5.55. The molecule has 2 heterocycles. The summed E-state index contributed by atoms with van der Waals surface area (Å²) in [5.74, 6) is 0.404. The van der Waals surface area contributed by atoms with Crippen LogP contribution in [0.15, 0.2) is 79.0 Å². The van der Waals surface area contributed by atoms with Crippen molar-refractivity contribution < 1.29 is 9.53 Å². The SMILES string of the molecule is CCOC(=O)c1cccnc1N1CCN(C(c2ccccc2)c2ccccc2)CC1. The highest BCUT2D eigenvalue weighted by atomic mass is 16.5. The zero-order valence-corrected chi connectivity index (χ0v) is 17.3. The van der Waals surface area contributed by atoms with Gasteiger partial charge in [-0.15, -0.1) is 0 Å². The van der Waals surface area contributed by atoms with Crippen LogP contribution in [0, 0.1) is 0 Å². The lowest BCUT2D eigenvalue weighted by Crippen LogP contribution is -2.48. The molecule has 4 rings (SSSR count). The van der Waals surface area contributed by atoms with Crippen molar-refractivity contribution >= 4 is 11.8 Å². The van der Waals surface area contributed by atoms with Crippen LogP contribution in [0.5, 0.6) is 0 Å². The monoisotopic (exact) mass is 401 g/mol. The summed E-state index contributed by atoms with van der Waals surface area (Å²) in [7, 11) is 0. The van der Waals surface area contributed by atoms with Gasteiger partial charge in [0, 0.05) is 32.4 Å². The van der Waals surface area contributed by atoms with Crippen LogP contribution in [-0.2, 0) is 4.74 Å². The largest absolute Gasteiger partial charge is 0.462 e. The summed E-state index contributed by atoms with van der Waals surface area (Å²) in [5, 5.41) is 0. The second-order valence-electron chi connectivity index (χ2n) is 7.34. The summed E-state index contributed by atoms with van der Waals surface area (Å²) in [5.41, 5.74) is 3.12. The molecule has 0 amide bonds. The van der Waals surface area contributed by atoms with Crippen LogP contribution >= 0.6 is 0 Å². The quantitative estimate of drug-likeness (QED) is 0.580. The molecule has 0 unspecified atom stereocenters. The van der Waals surface area contributed by atoms with Crippen LogP contribution in [0.4, 0.5) is 5.82 Å². The zero-order chi connectivity index (χ0) is 20.8. The highest BCUT2D eigenvalue weighted by Gasteiger charge is 2.28. The molecule has 154 valence electrons. The van der Waals surface area contributed by atoms with Gasteiger partial charge in [0.2, 0.25) is 0 Å². The van der Waals surface area contributed by atoms with E-state index in [9.17, 15) is 4.79 Å². The van der Waals surface area contributed by atoms with Crippen molar-refractivity contribution in [2.24, 2.45) is 0 Å². The first-order valence-corrected chi connectivity index (χ1v) is 10.5. The minimum Gasteiger partial charge on any atom is -0.462 e. The first kappa shape index (κ1) is 20.1. The van der Waals surface area contributed by atoms with E-state index < -0.39 is 0 Å². The van der Waals surface area contributed by atoms with Gasteiger partial charge in [0.1, 0.15) is 11.4 Å². The molecule has 0 N–H and O–H groups in total. The maximum absolute atomic E-state index is 12.4. The minimum absolute atomic E-state index is 0.211. The fourth-order valence-electron chi connectivity index (χ4n) is 4.09. The smallest absolute Gasteiger partial charge is 0.341 e. The molecule has 0 bridgehead atoms. The van der Waals surface area contributed by atoms with Crippen molar-refractivity contribution in [2.45, 2.75) is 13.0 Å². The van der Waals surface area contributed by atoms with Crippen molar-refractivity contribution in [3.63, 3.8) is 0 Å². The maximum atomic E-state index is 12.4. The first-order valence-electron chi connectivity index (χ1n) is 10.5. The molecule has 1 aromatic heterocycles. The Morgan fingerprint density at radius 3 is 2.07 bits per heavy atom. The average molecular weight is 402 g/mol. The molecule has 5 heteroatoms. The Hall–Kier alpha value is -3.18. The summed E-state index contributed by atoms with van der Waals surface area (Å²) >= 11 is 0. The number of nitrogens with zero attached hydrogens (tertiary/aromatic N) is 3. The van der Waals surface area contributed by atoms with Gasteiger partial charge in [0.05, 0.1) is 12.6 Å². The number of esters is 1. The Kier molecular flexibility index (Phi) is 6.40. The van der Waals surface area contributed by atoms with Gasteiger partial charge in [-0.1, -0.05) is 60.7 Å². The van der Waals surface area contributed by atoms with Crippen LogP contribution in [0.2, 0.25) is 0 Å². The van der Waals surface area contributed by atoms with Crippen LogP contribution in [-0.4, -0.2) is 48.6 Å². The highest BCUT2D eigenvalue weighted by molar-refractivity contribution is 5.94. The van der Waals surface area contributed by atoms with E-state index in [1.807, 2.05) is 6.92 Å². The number of hydrogen-bond acceptors (Lipinski definition) is 5. The number of rotatable bonds is 6. The molecule has 0 saturated carbocycles. The fourth-order valence-corrected chi connectivity index (χ4v) is 4.09. The highest BCUT2D eigenvalue weighted by Crippen LogP contribution is 2.30. The number of aromatic nitrogens is 1. The lowest BCUT2D eigenvalue weighted by atomic mass is 9.96. The van der Waals surface area contributed by atoms with Crippen LogP contribution in [0.1, 0.15) is 34.5 Å². The molecule has 0 aliphatic carbocycles. The first-order chi connectivity index (χ1) is 14.8. The van der Waals surface area contributed by atoms with Gasteiger partial charge in [-0.05, 0) is 30.2 Å². The van der Waals surface area contributed by atoms with Gasteiger partial charge in [-0.3, -0.25) is 4.90 Å². The van der Waals surface area contributed by atoms with E-state index in [4.69, 9.17) is 4.74 Å². The molecular weight excluding hydrogens is 374 g/mol. The summed E-state index contributed by atoms with van der Waals surface area (Å²) in [6.07, 6.45) is 1.74. The van der Waals surface area contributed by atoms with Gasteiger partial charge in [0.15, 0.2) is 0 Å². The lowest BCUT2D eigenvalue weighted by molar-refractivity contribution is 0.0526. The van der Waals surface area contributed by atoms with E-state index in [2.05, 4.69) is 75.4 Å². The molecule has 30 heavy (non-hydrogen) atoms. The topological polar surface area (TPSA) is 45.7 Å². The van der Waals surface area contributed by atoms with Gasteiger partial charge in [0.25, 0.3) is 0 Å². The minimum atomic E-state index is -0.311. The molecule has 0 spiro atoms. The molecule has 0 atom stereocenters. The van der Waals surface area contributed by atoms with E-state index in [1.54, 1.807) is 18.3 Å². The van der Waals surface area contributed by atoms with Crippen molar-refractivity contribution in [1.29, 1.82) is 0 Å². The summed E-state index contributed by atoms with van der Waals surface area (Å²) in [6, 6.07) is 25.1. The third-order valence-corrected chi connectivity index (χ3v) is 5.49. The molecule has 2 aromatic carbocycles. The number of pyridine rings is 1. The predicted octanol–water partition coefficient (Wildman–Crippen LogP) is 4.17. The lowest BCUT2D eigenvalue weighted by Gasteiger charge is -2.40. The van der Waals surface area contributed by atoms with Crippen molar-refractivity contribution in [3.8, 4) is 0 Å². The van der Waals surface area contributed by atoms with Gasteiger partial charge < -0.3 is 9.64 Å². The van der Waals surface area contributed by atoms with E-state index in [0.29, 0.717) is 18.0 Å². The van der Waals surface area contributed by atoms with Crippen molar-refractivity contribution in [3.05, 3.63) is 95.7 Å². The second-order valence-corrected chi connectivity index (χ2v) is 7.34. The van der Waals surface area contributed by atoms with Crippen LogP contribution in [0.25, 0.3) is 0 Å². The number of ether oxygens (including phenoxy) is 1. The third-order valence-electron chi connectivity index (χ3n) is 5.49. The number of benzene rings is 2. The number of anilines is 1. The molecule has 1 saturated heterocycles. The van der Waals surface area contributed by atoms with Gasteiger partial charge in [-0.25, -0.2) is 9.78 Å². The molecule has 1 aliphatic rings. The third kappa shape index (κ3) is 4.36. The Morgan fingerprint density at radius 1 is 0.900 bits per heavy atom. The van der Waals surface area contributed by atoms with E-state index in [-0.39, 0.29) is 12.0 Å². The second kappa shape index (κ2) is 9.55. The fraction of sp³-hybridized carbons (Fsp3) is 0.280. The van der Waals surface area contributed by atoms with E-state index in [0.717, 1.165) is 26.2 Å². The Bertz CT molecular complexity index is 915. The number of carbonyl (C=O) groups is 1. The number of piperazine rings is 1. The Balaban J connectivity index is 1.54. The Morgan fingerprint density at radius 2 is 1.50 bits per heavy atom. The average Bonchev–Trinajstić information content (AvgIpc) is 2.81. The van der Waals surface area contributed by atoms with Crippen LogP contribution < -0.4 is 4.90 Å². The molecular formula is C25H27N3O2. The molecule has 5 nitrogen and oxygen atoms in total. The predicted molar refractivity (Wildman–Crippen MR) is 119 cm³/mol. The number of hydrogen-bond donors (Lipinski definition) is 0. The summed E-state index contributed by atoms with van der Waals surface area (Å²) in [4.78, 5) is 21.5. The molecule has 3 aromatic rings. The molecule has 0 radical (unpaired) electrons. The molecule has 1 aliphatic heterocycles. The maximum Gasteiger partial charge on any atom is 0.341 e. The van der Waals surface area contributed by atoms with Crippen LogP contribution in [0.3, 0.4) is 0 Å². The van der Waals surface area contributed by atoms with Crippen molar-refractivity contribution in [2.75, 3.05) is 37.7 Å². The summed E-state index contributed by atoms with van der Waals surface area (Å²) < 4.78 is 5.22. The van der Waals surface area contributed by atoms with Gasteiger partial charge >= 0.3 is 5.97 Å². The molecule has 1 fully saturated rings. The van der Waals surface area contributed by atoms with E-state index in [1.165, 1.54) is 11.1 Å². The van der Waals surface area contributed by atoms with E-state index >= 15 is 0 Å². The Labute approximate surface area is 177 Å². The standard InChI is InChI=1S/C25H27N3O2/c1-2-30-25(29)22-14-9-15-26-24(22)28-18-16-27(17-19-28)23(20-10-5-3-6-11-20)21-12-7-4-8-13-21/h3-15,23H,2,16-19H2,1H3.